The van der Waals surface area contributed by atoms with Gasteiger partial charge in [0, 0.05) is 60.1 Å². The molecule has 0 aliphatic rings. The molecule has 61 heavy (non-hydrogen) atoms. The van der Waals surface area contributed by atoms with Crippen LogP contribution in [-0.2, 0) is 0 Å². The molecule has 0 aliphatic heterocycles. The Labute approximate surface area is 350 Å². The van der Waals surface area contributed by atoms with Crippen LogP contribution in [-0.4, -0.2) is 19.1 Å². The third-order valence-electron chi connectivity index (χ3n) is 12.3. The predicted molar refractivity (Wildman–Crippen MR) is 252 cm³/mol. The second-order valence-electron chi connectivity index (χ2n) is 15.7. The summed E-state index contributed by atoms with van der Waals surface area (Å²) in [6, 6.07) is 72.9. The second kappa shape index (κ2) is 13.1. The summed E-state index contributed by atoms with van der Waals surface area (Å²) in [5.41, 5.74) is 14.4. The first-order valence-corrected chi connectivity index (χ1v) is 20.7. The van der Waals surface area contributed by atoms with Gasteiger partial charge in [0.15, 0.2) is 11.4 Å². The van der Waals surface area contributed by atoms with E-state index in [1.165, 1.54) is 21.5 Å². The van der Waals surface area contributed by atoms with Crippen LogP contribution in [0.1, 0.15) is 0 Å². The minimum atomic E-state index is 0.696. The molecule has 9 aromatic carbocycles. The third kappa shape index (κ3) is 5.01. The minimum absolute atomic E-state index is 0.696. The van der Waals surface area contributed by atoms with E-state index in [0.29, 0.717) is 5.82 Å². The zero-order valence-corrected chi connectivity index (χ0v) is 32.8. The lowest BCUT2D eigenvalue weighted by Crippen LogP contribution is -1.98. The third-order valence-corrected chi connectivity index (χ3v) is 12.3. The largest absolute Gasteiger partial charge is 0.453 e. The highest BCUT2D eigenvalue weighted by atomic mass is 16.3. The fourth-order valence-electron chi connectivity index (χ4n) is 9.69. The summed E-state index contributed by atoms with van der Waals surface area (Å²) in [6.45, 7) is 0. The van der Waals surface area contributed by atoms with E-state index < -0.39 is 0 Å². The molecule has 0 saturated heterocycles. The fourth-order valence-corrected chi connectivity index (χ4v) is 9.69. The van der Waals surface area contributed by atoms with Gasteiger partial charge in [-0.05, 0) is 54.1 Å². The Hall–Kier alpha value is -8.28. The van der Waals surface area contributed by atoms with Crippen molar-refractivity contribution in [2.24, 2.45) is 0 Å². The highest BCUT2D eigenvalue weighted by Crippen LogP contribution is 2.45. The standard InChI is InChI=1S/C56H34N4O/c1-3-16-35(17-4-1)39-25-14-26-40-41-27-15-31-50(55(41)61-54(39)40)60-47-30-12-9-24-44(47)52-49(60)33-32-48-51(52)43-23-8-11-29-46(43)59(48)38-21-13-20-37(34-38)56-57-45-28-10-7-22-42(45)53(58-56)36-18-5-2-6-19-36/h1-34H. The molecule has 5 nitrogen and oxygen atoms in total. The van der Waals surface area contributed by atoms with E-state index in [4.69, 9.17) is 14.4 Å². The number of hydrogen-bond acceptors (Lipinski definition) is 3. The number of para-hydroxylation sites is 5. The van der Waals surface area contributed by atoms with Crippen LogP contribution in [0.3, 0.4) is 0 Å². The van der Waals surface area contributed by atoms with Gasteiger partial charge in [-0.1, -0.05) is 158 Å². The first kappa shape index (κ1) is 33.7. The van der Waals surface area contributed by atoms with E-state index in [-0.39, 0.29) is 0 Å². The molecule has 0 bridgehead atoms. The smallest absolute Gasteiger partial charge is 0.160 e. The molecular formula is C56H34N4O. The van der Waals surface area contributed by atoms with Crippen molar-refractivity contribution in [3.8, 4) is 45.1 Å². The van der Waals surface area contributed by atoms with Gasteiger partial charge in [0.25, 0.3) is 0 Å². The monoisotopic (exact) mass is 778 g/mol. The Kier molecular flexibility index (Phi) is 7.24. The molecule has 0 saturated carbocycles. The van der Waals surface area contributed by atoms with Crippen LogP contribution in [0.2, 0.25) is 0 Å². The maximum Gasteiger partial charge on any atom is 0.160 e. The number of hydrogen-bond donors (Lipinski definition) is 0. The lowest BCUT2D eigenvalue weighted by molar-refractivity contribution is 0.667. The SMILES string of the molecule is c1ccc(-c2nc(-c3cccc(-n4c5ccccc5c5c6c7ccccc7n(-c7cccc8c7oc7c(-c9ccccc9)cccc78)c6ccc54)c3)nc3ccccc23)cc1. The average Bonchev–Trinajstić information content (AvgIpc) is 4.00. The van der Waals surface area contributed by atoms with Crippen molar-refractivity contribution in [3.05, 3.63) is 206 Å². The van der Waals surface area contributed by atoms with Crippen molar-refractivity contribution in [1.29, 1.82) is 0 Å². The van der Waals surface area contributed by atoms with Crippen LogP contribution in [0.5, 0.6) is 0 Å². The van der Waals surface area contributed by atoms with Crippen LogP contribution in [0.4, 0.5) is 0 Å². The van der Waals surface area contributed by atoms with Crippen LogP contribution >= 0.6 is 0 Å². The summed E-state index contributed by atoms with van der Waals surface area (Å²) >= 11 is 0. The van der Waals surface area contributed by atoms with Gasteiger partial charge in [0.2, 0.25) is 0 Å². The van der Waals surface area contributed by atoms with E-state index in [1.807, 2.05) is 12.1 Å². The number of fused-ring (bicyclic) bond motifs is 11. The van der Waals surface area contributed by atoms with Gasteiger partial charge in [-0.15, -0.1) is 0 Å². The van der Waals surface area contributed by atoms with Crippen molar-refractivity contribution in [1.82, 2.24) is 19.1 Å². The number of nitrogens with zero attached hydrogens (tertiary/aromatic N) is 4. The molecule has 284 valence electrons. The van der Waals surface area contributed by atoms with E-state index in [1.54, 1.807) is 0 Å². The number of benzene rings is 9. The van der Waals surface area contributed by atoms with Crippen molar-refractivity contribution < 1.29 is 4.42 Å². The maximum atomic E-state index is 6.98. The Morgan fingerprint density at radius 2 is 0.918 bits per heavy atom. The van der Waals surface area contributed by atoms with E-state index in [2.05, 4.69) is 203 Å². The van der Waals surface area contributed by atoms with E-state index in [9.17, 15) is 0 Å². The summed E-state index contributed by atoms with van der Waals surface area (Å²) < 4.78 is 11.8. The summed E-state index contributed by atoms with van der Waals surface area (Å²) in [5, 5.41) is 8.05. The molecule has 0 spiro atoms. The van der Waals surface area contributed by atoms with Crippen LogP contribution < -0.4 is 0 Å². The van der Waals surface area contributed by atoms with Crippen molar-refractivity contribution in [3.63, 3.8) is 0 Å². The minimum Gasteiger partial charge on any atom is -0.453 e. The van der Waals surface area contributed by atoms with Gasteiger partial charge >= 0.3 is 0 Å². The molecule has 0 unspecified atom stereocenters. The Morgan fingerprint density at radius 1 is 0.361 bits per heavy atom. The zero-order chi connectivity index (χ0) is 40.0. The fraction of sp³-hybridized carbons (Fsp3) is 0. The van der Waals surface area contributed by atoms with Crippen molar-refractivity contribution in [2.75, 3.05) is 0 Å². The Bertz CT molecular complexity index is 3880. The van der Waals surface area contributed by atoms with Crippen LogP contribution in [0.25, 0.3) is 122 Å². The highest BCUT2D eigenvalue weighted by molar-refractivity contribution is 6.29. The van der Waals surface area contributed by atoms with Gasteiger partial charge in [0.05, 0.1) is 39.0 Å². The lowest BCUT2D eigenvalue weighted by Gasteiger charge is -2.12. The topological polar surface area (TPSA) is 48.8 Å². The summed E-state index contributed by atoms with van der Waals surface area (Å²) in [5.74, 6) is 0.696. The average molecular weight is 779 g/mol. The first-order valence-electron chi connectivity index (χ1n) is 20.7. The molecular weight excluding hydrogens is 745 g/mol. The highest BCUT2D eigenvalue weighted by Gasteiger charge is 2.23. The molecule has 13 aromatic rings. The zero-order valence-electron chi connectivity index (χ0n) is 32.8. The molecule has 0 radical (unpaired) electrons. The Balaban J connectivity index is 1.04. The van der Waals surface area contributed by atoms with Gasteiger partial charge < -0.3 is 13.6 Å². The molecule has 4 aromatic heterocycles. The molecule has 0 aliphatic carbocycles. The summed E-state index contributed by atoms with van der Waals surface area (Å²) in [4.78, 5) is 10.3. The number of aromatic nitrogens is 4. The normalized spacial score (nSPS) is 11.9. The summed E-state index contributed by atoms with van der Waals surface area (Å²) in [7, 11) is 0. The van der Waals surface area contributed by atoms with Gasteiger partial charge in [0.1, 0.15) is 5.58 Å². The van der Waals surface area contributed by atoms with Crippen molar-refractivity contribution >= 4 is 76.5 Å². The number of furan rings is 1. The lowest BCUT2D eigenvalue weighted by atomic mass is 10.0. The molecule has 4 heterocycles. The quantitative estimate of drug-likeness (QED) is 0.175. The molecule has 0 N–H and O–H groups in total. The van der Waals surface area contributed by atoms with Crippen LogP contribution in [0.15, 0.2) is 211 Å². The molecule has 5 heteroatoms. The first-order chi connectivity index (χ1) is 30.3. The second-order valence-corrected chi connectivity index (χ2v) is 15.7. The summed E-state index contributed by atoms with van der Waals surface area (Å²) in [6.07, 6.45) is 0. The van der Waals surface area contributed by atoms with Gasteiger partial charge in [-0.2, -0.15) is 0 Å². The number of rotatable bonds is 5. The molecule has 0 amide bonds. The Morgan fingerprint density at radius 3 is 1.67 bits per heavy atom. The van der Waals surface area contributed by atoms with Gasteiger partial charge in [-0.25, -0.2) is 9.97 Å². The van der Waals surface area contributed by atoms with Crippen LogP contribution in [0, 0.1) is 0 Å². The molecule has 13 rings (SSSR count). The van der Waals surface area contributed by atoms with Gasteiger partial charge in [-0.3, -0.25) is 0 Å². The van der Waals surface area contributed by atoms with E-state index in [0.717, 1.165) is 94.2 Å². The van der Waals surface area contributed by atoms with E-state index >= 15 is 0 Å². The van der Waals surface area contributed by atoms with Crippen molar-refractivity contribution in [2.45, 2.75) is 0 Å². The molecule has 0 fully saturated rings. The maximum absolute atomic E-state index is 6.98. The molecule has 0 atom stereocenters. The predicted octanol–water partition coefficient (Wildman–Crippen LogP) is 14.7.